The Hall–Kier alpha value is -1.35. The molecule has 0 aliphatic carbocycles. The Morgan fingerprint density at radius 2 is 2.20 bits per heavy atom. The second kappa shape index (κ2) is 6.89. The number of benzene rings is 1. The molecule has 1 saturated heterocycles. The first-order valence-corrected chi connectivity index (χ1v) is 7.71. The van der Waals surface area contributed by atoms with Crippen molar-refractivity contribution < 1.29 is 4.79 Å². The number of piperidine rings is 1. The van der Waals surface area contributed by atoms with E-state index in [-0.39, 0.29) is 18.0 Å². The highest BCUT2D eigenvalue weighted by Crippen LogP contribution is 2.21. The normalized spacial score (nSPS) is 24.1. The third-order valence-electron chi connectivity index (χ3n) is 4.42. The van der Waals surface area contributed by atoms with Crippen molar-refractivity contribution in [1.82, 2.24) is 10.6 Å². The summed E-state index contributed by atoms with van der Waals surface area (Å²) in [5.74, 6) is 0.819. The molecule has 0 spiro atoms. The van der Waals surface area contributed by atoms with Gasteiger partial charge in [0.2, 0.25) is 5.91 Å². The van der Waals surface area contributed by atoms with Crippen molar-refractivity contribution in [2.24, 2.45) is 5.92 Å². The van der Waals surface area contributed by atoms with Gasteiger partial charge in [-0.25, -0.2) is 0 Å². The molecule has 3 heteroatoms. The third kappa shape index (κ3) is 3.60. The molecule has 0 saturated carbocycles. The third-order valence-corrected chi connectivity index (χ3v) is 4.42. The Bertz CT molecular complexity index is 458. The zero-order valence-corrected chi connectivity index (χ0v) is 12.8. The van der Waals surface area contributed by atoms with Gasteiger partial charge in [0.25, 0.3) is 0 Å². The average Bonchev–Trinajstić information content (AvgIpc) is 2.47. The van der Waals surface area contributed by atoms with Crippen molar-refractivity contribution in [3.8, 4) is 0 Å². The largest absolute Gasteiger partial charge is 0.348 e. The standard InChI is InChI=1S/C17H26N2O/c1-4-14-9-10-18-16(11-14)17(20)19-13(3)15-8-6-5-7-12(15)2/h5-8,13-14,16,18H,4,9-11H2,1-3H3,(H,19,20). The molecule has 2 rings (SSSR count). The monoisotopic (exact) mass is 274 g/mol. The van der Waals surface area contributed by atoms with E-state index in [1.165, 1.54) is 24.0 Å². The van der Waals surface area contributed by atoms with Gasteiger partial charge < -0.3 is 10.6 Å². The van der Waals surface area contributed by atoms with E-state index in [0.717, 1.165) is 13.0 Å². The molecule has 3 nitrogen and oxygen atoms in total. The Morgan fingerprint density at radius 3 is 2.90 bits per heavy atom. The number of hydrogen-bond acceptors (Lipinski definition) is 2. The number of rotatable bonds is 4. The van der Waals surface area contributed by atoms with Crippen LogP contribution in [0.5, 0.6) is 0 Å². The number of hydrogen-bond donors (Lipinski definition) is 2. The summed E-state index contributed by atoms with van der Waals surface area (Å²) in [5, 5.41) is 6.49. The van der Waals surface area contributed by atoms with Gasteiger partial charge in [0, 0.05) is 0 Å². The minimum atomic E-state index is -0.0276. The Morgan fingerprint density at radius 1 is 1.45 bits per heavy atom. The molecule has 0 radical (unpaired) electrons. The minimum absolute atomic E-state index is 0.0276. The van der Waals surface area contributed by atoms with Crippen LogP contribution in [0.25, 0.3) is 0 Å². The highest BCUT2D eigenvalue weighted by atomic mass is 16.2. The second-order valence-corrected chi connectivity index (χ2v) is 5.89. The summed E-state index contributed by atoms with van der Waals surface area (Å²) in [6.45, 7) is 7.31. The molecule has 20 heavy (non-hydrogen) atoms. The maximum absolute atomic E-state index is 12.4. The number of amides is 1. The molecule has 0 bridgehead atoms. The van der Waals surface area contributed by atoms with Gasteiger partial charge in [0.15, 0.2) is 0 Å². The van der Waals surface area contributed by atoms with Crippen LogP contribution < -0.4 is 10.6 Å². The van der Waals surface area contributed by atoms with Crippen LogP contribution in [0.1, 0.15) is 50.3 Å². The summed E-state index contributed by atoms with van der Waals surface area (Å²) < 4.78 is 0. The van der Waals surface area contributed by atoms with Crippen LogP contribution in [-0.2, 0) is 4.79 Å². The van der Waals surface area contributed by atoms with Gasteiger partial charge in [0.05, 0.1) is 12.1 Å². The van der Waals surface area contributed by atoms with E-state index in [1.807, 2.05) is 12.1 Å². The maximum atomic E-state index is 12.4. The van der Waals surface area contributed by atoms with Crippen molar-refractivity contribution in [1.29, 1.82) is 0 Å². The Kier molecular flexibility index (Phi) is 5.18. The fourth-order valence-electron chi connectivity index (χ4n) is 3.03. The highest BCUT2D eigenvalue weighted by Gasteiger charge is 2.26. The van der Waals surface area contributed by atoms with Gasteiger partial charge in [-0.05, 0) is 50.3 Å². The van der Waals surface area contributed by atoms with E-state index < -0.39 is 0 Å². The summed E-state index contributed by atoms with van der Waals surface area (Å²) >= 11 is 0. The molecule has 110 valence electrons. The molecule has 1 heterocycles. The van der Waals surface area contributed by atoms with Gasteiger partial charge in [-0.15, -0.1) is 0 Å². The fourth-order valence-corrected chi connectivity index (χ4v) is 3.03. The molecule has 1 aromatic rings. The molecular formula is C17H26N2O. The van der Waals surface area contributed by atoms with Crippen LogP contribution in [0.4, 0.5) is 0 Å². The lowest BCUT2D eigenvalue weighted by Crippen LogP contribution is -2.49. The quantitative estimate of drug-likeness (QED) is 0.886. The van der Waals surface area contributed by atoms with E-state index in [9.17, 15) is 4.79 Å². The summed E-state index contributed by atoms with van der Waals surface area (Å²) in [6.07, 6.45) is 3.31. The summed E-state index contributed by atoms with van der Waals surface area (Å²) in [5.41, 5.74) is 2.42. The van der Waals surface area contributed by atoms with Crippen LogP contribution in [0.3, 0.4) is 0 Å². The molecule has 2 N–H and O–H groups in total. The average molecular weight is 274 g/mol. The lowest BCUT2D eigenvalue weighted by molar-refractivity contribution is -0.124. The van der Waals surface area contributed by atoms with Crippen molar-refractivity contribution in [2.75, 3.05) is 6.54 Å². The smallest absolute Gasteiger partial charge is 0.237 e. The maximum Gasteiger partial charge on any atom is 0.237 e. The van der Waals surface area contributed by atoms with Gasteiger partial charge >= 0.3 is 0 Å². The molecule has 1 aliphatic rings. The second-order valence-electron chi connectivity index (χ2n) is 5.89. The van der Waals surface area contributed by atoms with Crippen LogP contribution in [-0.4, -0.2) is 18.5 Å². The van der Waals surface area contributed by atoms with E-state index in [1.54, 1.807) is 0 Å². The Labute approximate surface area is 122 Å². The van der Waals surface area contributed by atoms with Crippen LogP contribution >= 0.6 is 0 Å². The van der Waals surface area contributed by atoms with Crippen molar-refractivity contribution >= 4 is 5.91 Å². The minimum Gasteiger partial charge on any atom is -0.348 e. The van der Waals surface area contributed by atoms with Crippen LogP contribution in [0.15, 0.2) is 24.3 Å². The lowest BCUT2D eigenvalue weighted by Gasteiger charge is -2.30. The van der Waals surface area contributed by atoms with Crippen LogP contribution in [0.2, 0.25) is 0 Å². The first-order chi connectivity index (χ1) is 9.61. The Balaban J connectivity index is 1.95. The van der Waals surface area contributed by atoms with Gasteiger partial charge in [-0.3, -0.25) is 4.79 Å². The molecule has 1 aromatic carbocycles. The van der Waals surface area contributed by atoms with Crippen molar-refractivity contribution in [2.45, 2.75) is 52.1 Å². The van der Waals surface area contributed by atoms with Crippen LogP contribution in [0, 0.1) is 12.8 Å². The molecule has 3 atom stereocenters. The lowest BCUT2D eigenvalue weighted by atomic mass is 9.90. The summed E-state index contributed by atoms with van der Waals surface area (Å²) in [7, 11) is 0. The van der Waals surface area contributed by atoms with E-state index in [0.29, 0.717) is 5.92 Å². The van der Waals surface area contributed by atoms with E-state index in [2.05, 4.69) is 43.5 Å². The van der Waals surface area contributed by atoms with E-state index in [4.69, 9.17) is 0 Å². The molecular weight excluding hydrogens is 248 g/mol. The zero-order chi connectivity index (χ0) is 14.5. The SMILES string of the molecule is CCC1CCNC(C(=O)NC(C)c2ccccc2C)C1. The topological polar surface area (TPSA) is 41.1 Å². The molecule has 1 aliphatic heterocycles. The molecule has 1 amide bonds. The number of nitrogens with one attached hydrogen (secondary N) is 2. The molecule has 3 unspecified atom stereocenters. The highest BCUT2D eigenvalue weighted by molar-refractivity contribution is 5.82. The van der Waals surface area contributed by atoms with Crippen molar-refractivity contribution in [3.63, 3.8) is 0 Å². The summed E-state index contributed by atoms with van der Waals surface area (Å²) in [4.78, 5) is 12.4. The zero-order valence-electron chi connectivity index (χ0n) is 12.8. The van der Waals surface area contributed by atoms with Gasteiger partial charge in [0.1, 0.15) is 0 Å². The predicted molar refractivity (Wildman–Crippen MR) is 82.5 cm³/mol. The number of aryl methyl sites for hydroxylation is 1. The van der Waals surface area contributed by atoms with Gasteiger partial charge in [-0.2, -0.15) is 0 Å². The fraction of sp³-hybridized carbons (Fsp3) is 0.588. The van der Waals surface area contributed by atoms with Gasteiger partial charge in [-0.1, -0.05) is 37.6 Å². The summed E-state index contributed by atoms with van der Waals surface area (Å²) in [6, 6.07) is 8.26. The predicted octanol–water partition coefficient (Wildman–Crippen LogP) is 2.95. The van der Waals surface area contributed by atoms with Crippen molar-refractivity contribution in [3.05, 3.63) is 35.4 Å². The molecule has 0 aromatic heterocycles. The number of carbonyl (C=O) groups is 1. The first kappa shape index (κ1) is 15.0. The molecule has 1 fully saturated rings. The van der Waals surface area contributed by atoms with E-state index >= 15 is 0 Å². The first-order valence-electron chi connectivity index (χ1n) is 7.71. The number of carbonyl (C=O) groups excluding carboxylic acids is 1.